The van der Waals surface area contributed by atoms with E-state index in [2.05, 4.69) is 15.3 Å². The van der Waals surface area contributed by atoms with E-state index < -0.39 is 0 Å². The first-order valence-corrected chi connectivity index (χ1v) is 7.16. The summed E-state index contributed by atoms with van der Waals surface area (Å²) in [5.74, 6) is 2.93. The minimum Gasteiger partial charge on any atom is -0.475 e. The molecule has 0 bridgehead atoms. The van der Waals surface area contributed by atoms with Gasteiger partial charge in [-0.2, -0.15) is 4.98 Å². The summed E-state index contributed by atoms with van der Waals surface area (Å²) >= 11 is 0. The Labute approximate surface area is 113 Å². The zero-order valence-electron chi connectivity index (χ0n) is 11.4. The summed E-state index contributed by atoms with van der Waals surface area (Å²) in [5, 5.41) is 3.07. The number of ether oxygens (including phenoxy) is 2. The van der Waals surface area contributed by atoms with E-state index >= 15 is 0 Å². The van der Waals surface area contributed by atoms with Crippen LogP contribution in [-0.4, -0.2) is 36.3 Å². The van der Waals surface area contributed by atoms with Crippen LogP contribution in [0.2, 0.25) is 0 Å². The monoisotopic (exact) mass is 263 g/mol. The molecule has 1 aliphatic heterocycles. The normalized spacial score (nSPS) is 23.1. The van der Waals surface area contributed by atoms with Gasteiger partial charge in [0.1, 0.15) is 18.2 Å². The van der Waals surface area contributed by atoms with Gasteiger partial charge in [-0.25, -0.2) is 4.98 Å². The van der Waals surface area contributed by atoms with Crippen LogP contribution < -0.4 is 10.1 Å². The first-order chi connectivity index (χ1) is 9.35. The van der Waals surface area contributed by atoms with E-state index in [9.17, 15) is 0 Å². The van der Waals surface area contributed by atoms with Gasteiger partial charge in [-0.05, 0) is 32.1 Å². The molecule has 0 radical (unpaired) electrons. The molecule has 19 heavy (non-hydrogen) atoms. The summed E-state index contributed by atoms with van der Waals surface area (Å²) in [7, 11) is 1.87. The summed E-state index contributed by atoms with van der Waals surface area (Å²) in [6.45, 7) is 1.44. The molecule has 1 saturated heterocycles. The summed E-state index contributed by atoms with van der Waals surface area (Å²) in [6.07, 6.45) is 6.08. The van der Waals surface area contributed by atoms with E-state index in [0.717, 1.165) is 24.7 Å². The molecule has 1 aliphatic carbocycles. The second-order valence-electron chi connectivity index (χ2n) is 5.27. The van der Waals surface area contributed by atoms with Gasteiger partial charge in [-0.15, -0.1) is 0 Å². The first kappa shape index (κ1) is 12.7. The van der Waals surface area contributed by atoms with Gasteiger partial charge in [0, 0.05) is 25.6 Å². The maximum atomic E-state index is 5.79. The third-order valence-electron chi connectivity index (χ3n) is 3.61. The van der Waals surface area contributed by atoms with Crippen molar-refractivity contribution < 1.29 is 9.47 Å². The van der Waals surface area contributed by atoms with Gasteiger partial charge in [0.25, 0.3) is 0 Å². The second-order valence-corrected chi connectivity index (χ2v) is 5.27. The van der Waals surface area contributed by atoms with Crippen LogP contribution in [-0.2, 0) is 4.74 Å². The molecular formula is C14H21N3O2. The summed E-state index contributed by atoms with van der Waals surface area (Å²) in [5.41, 5.74) is 0. The molecule has 1 aromatic rings. The van der Waals surface area contributed by atoms with E-state index in [1.165, 1.54) is 25.7 Å². The minimum absolute atomic E-state index is 0.214. The molecule has 5 heteroatoms. The molecule has 2 heterocycles. The molecule has 0 amide bonds. The lowest BCUT2D eigenvalue weighted by Crippen LogP contribution is -2.26. The summed E-state index contributed by atoms with van der Waals surface area (Å²) < 4.78 is 11.5. The van der Waals surface area contributed by atoms with E-state index in [0.29, 0.717) is 18.4 Å². The molecule has 2 fully saturated rings. The van der Waals surface area contributed by atoms with Crippen LogP contribution in [0.3, 0.4) is 0 Å². The van der Waals surface area contributed by atoms with E-state index in [1.807, 2.05) is 13.1 Å². The fourth-order valence-corrected chi connectivity index (χ4v) is 2.29. The zero-order chi connectivity index (χ0) is 13.1. The van der Waals surface area contributed by atoms with Crippen molar-refractivity contribution in [1.82, 2.24) is 9.97 Å². The molecule has 1 saturated carbocycles. The van der Waals surface area contributed by atoms with Crippen LogP contribution in [0.4, 0.5) is 5.82 Å². The molecule has 5 nitrogen and oxygen atoms in total. The van der Waals surface area contributed by atoms with Crippen molar-refractivity contribution in [2.75, 3.05) is 25.6 Å². The van der Waals surface area contributed by atoms with Gasteiger partial charge in [-0.3, -0.25) is 0 Å². The molecule has 1 unspecified atom stereocenters. The van der Waals surface area contributed by atoms with Gasteiger partial charge in [0.05, 0.1) is 6.10 Å². The Kier molecular flexibility index (Phi) is 3.82. The van der Waals surface area contributed by atoms with Gasteiger partial charge in [0.2, 0.25) is 5.88 Å². The maximum absolute atomic E-state index is 5.79. The quantitative estimate of drug-likeness (QED) is 0.883. The average Bonchev–Trinajstić information content (AvgIpc) is 3.30. The van der Waals surface area contributed by atoms with Crippen molar-refractivity contribution in [3.8, 4) is 5.88 Å². The summed E-state index contributed by atoms with van der Waals surface area (Å²) in [4.78, 5) is 8.97. The number of anilines is 1. The third-order valence-corrected chi connectivity index (χ3v) is 3.61. The molecule has 1 N–H and O–H groups in total. The highest BCUT2D eigenvalue weighted by Crippen LogP contribution is 2.39. The van der Waals surface area contributed by atoms with Gasteiger partial charge in [0.15, 0.2) is 0 Å². The van der Waals surface area contributed by atoms with Crippen molar-refractivity contribution >= 4 is 5.82 Å². The Balaban J connectivity index is 1.63. The highest BCUT2D eigenvalue weighted by atomic mass is 16.5. The van der Waals surface area contributed by atoms with Crippen LogP contribution in [0.15, 0.2) is 6.07 Å². The van der Waals surface area contributed by atoms with Crippen LogP contribution in [0.5, 0.6) is 5.88 Å². The van der Waals surface area contributed by atoms with E-state index in [-0.39, 0.29) is 6.10 Å². The van der Waals surface area contributed by atoms with Crippen molar-refractivity contribution in [2.45, 2.75) is 44.1 Å². The number of rotatable bonds is 5. The number of hydrogen-bond acceptors (Lipinski definition) is 5. The Morgan fingerprint density at radius 2 is 2.21 bits per heavy atom. The number of nitrogens with one attached hydrogen (secondary N) is 1. The Bertz CT molecular complexity index is 429. The average molecular weight is 263 g/mol. The molecule has 3 rings (SSSR count). The van der Waals surface area contributed by atoms with E-state index in [1.54, 1.807) is 0 Å². The zero-order valence-corrected chi connectivity index (χ0v) is 11.4. The Morgan fingerprint density at radius 1 is 1.32 bits per heavy atom. The fourth-order valence-electron chi connectivity index (χ4n) is 2.29. The molecule has 2 aliphatic rings. The lowest BCUT2D eigenvalue weighted by molar-refractivity contribution is -0.0120. The SMILES string of the molecule is CNc1cc(OCC2CCCCO2)nc(C2CC2)n1. The Morgan fingerprint density at radius 3 is 2.89 bits per heavy atom. The second kappa shape index (κ2) is 5.74. The van der Waals surface area contributed by atoms with Gasteiger partial charge >= 0.3 is 0 Å². The molecule has 104 valence electrons. The van der Waals surface area contributed by atoms with Crippen molar-refractivity contribution in [1.29, 1.82) is 0 Å². The summed E-state index contributed by atoms with van der Waals surface area (Å²) in [6, 6.07) is 1.86. The lowest BCUT2D eigenvalue weighted by atomic mass is 10.1. The number of hydrogen-bond donors (Lipinski definition) is 1. The fraction of sp³-hybridized carbons (Fsp3) is 0.714. The molecular weight excluding hydrogens is 242 g/mol. The van der Waals surface area contributed by atoms with Crippen LogP contribution >= 0.6 is 0 Å². The number of aromatic nitrogens is 2. The van der Waals surface area contributed by atoms with Crippen LogP contribution in [0, 0.1) is 0 Å². The Hall–Kier alpha value is -1.36. The van der Waals surface area contributed by atoms with Crippen molar-refractivity contribution in [3.05, 3.63) is 11.9 Å². The topological polar surface area (TPSA) is 56.3 Å². The molecule has 0 spiro atoms. The third kappa shape index (κ3) is 3.35. The predicted molar refractivity (Wildman–Crippen MR) is 72.6 cm³/mol. The lowest BCUT2D eigenvalue weighted by Gasteiger charge is -2.22. The van der Waals surface area contributed by atoms with Crippen LogP contribution in [0.1, 0.15) is 43.8 Å². The highest BCUT2D eigenvalue weighted by Gasteiger charge is 2.27. The first-order valence-electron chi connectivity index (χ1n) is 7.16. The minimum atomic E-state index is 0.214. The smallest absolute Gasteiger partial charge is 0.218 e. The molecule has 0 aromatic carbocycles. The maximum Gasteiger partial charge on any atom is 0.218 e. The van der Waals surface area contributed by atoms with Gasteiger partial charge < -0.3 is 14.8 Å². The van der Waals surface area contributed by atoms with Gasteiger partial charge in [-0.1, -0.05) is 0 Å². The molecule has 1 atom stereocenters. The molecule has 1 aromatic heterocycles. The highest BCUT2D eigenvalue weighted by molar-refractivity contribution is 5.38. The number of nitrogens with zero attached hydrogens (tertiary/aromatic N) is 2. The van der Waals surface area contributed by atoms with Crippen molar-refractivity contribution in [3.63, 3.8) is 0 Å². The predicted octanol–water partition coefficient (Wildman–Crippen LogP) is 2.34. The standard InChI is InChI=1S/C14H21N3O2/c1-15-12-8-13(17-14(16-12)10-5-6-10)19-9-11-4-2-3-7-18-11/h8,10-11H,2-7,9H2,1H3,(H,15,16,17). The largest absolute Gasteiger partial charge is 0.475 e. The van der Waals surface area contributed by atoms with Crippen LogP contribution in [0.25, 0.3) is 0 Å². The van der Waals surface area contributed by atoms with Crippen molar-refractivity contribution in [2.24, 2.45) is 0 Å². The van der Waals surface area contributed by atoms with E-state index in [4.69, 9.17) is 9.47 Å².